The van der Waals surface area contributed by atoms with Crippen molar-refractivity contribution in [3.63, 3.8) is 0 Å². The van der Waals surface area contributed by atoms with Crippen LogP contribution in [0.5, 0.6) is 0 Å². The van der Waals surface area contributed by atoms with E-state index in [9.17, 15) is 8.78 Å². The molecule has 0 bridgehead atoms. The zero-order valence-corrected chi connectivity index (χ0v) is 11.5. The second kappa shape index (κ2) is 5.38. The van der Waals surface area contributed by atoms with Gasteiger partial charge in [0.1, 0.15) is 11.6 Å². The Morgan fingerprint density at radius 3 is 2.17 bits per heavy atom. The van der Waals surface area contributed by atoms with E-state index >= 15 is 0 Å². The molecule has 0 amide bonds. The molecule has 0 saturated heterocycles. The minimum atomic E-state index is -0.468. The third-order valence-electron chi connectivity index (χ3n) is 4.42. The molecule has 1 aromatic rings. The Labute approximate surface area is 108 Å². The quantitative estimate of drug-likeness (QED) is 0.678. The van der Waals surface area contributed by atoms with Crippen molar-refractivity contribution >= 4 is 0 Å². The first-order valence-corrected chi connectivity index (χ1v) is 6.94. The second-order valence-corrected chi connectivity index (χ2v) is 5.97. The van der Waals surface area contributed by atoms with E-state index in [2.05, 4.69) is 13.8 Å². The van der Waals surface area contributed by atoms with Gasteiger partial charge in [0.05, 0.1) is 0 Å². The third kappa shape index (κ3) is 2.73. The molecular weight excluding hydrogens is 230 g/mol. The summed E-state index contributed by atoms with van der Waals surface area (Å²) in [5, 5.41) is 0. The normalized spacial score (nSPS) is 24.6. The van der Waals surface area contributed by atoms with Crippen LogP contribution in [0.2, 0.25) is 0 Å². The summed E-state index contributed by atoms with van der Waals surface area (Å²) >= 11 is 0. The van der Waals surface area contributed by atoms with Crippen LogP contribution >= 0.6 is 0 Å². The van der Waals surface area contributed by atoms with E-state index in [4.69, 9.17) is 0 Å². The minimum Gasteiger partial charge on any atom is -0.207 e. The zero-order chi connectivity index (χ0) is 13.3. The number of halogens is 2. The van der Waals surface area contributed by atoms with E-state index in [-0.39, 0.29) is 11.7 Å². The predicted molar refractivity (Wildman–Crippen MR) is 70.6 cm³/mol. The smallest absolute Gasteiger partial charge is 0.129 e. The van der Waals surface area contributed by atoms with Gasteiger partial charge in [-0.2, -0.15) is 0 Å². The number of benzene rings is 1. The standard InChI is InChI=1S/C16H22F2/c1-10(2)12-4-6-13(7-5-12)16-11(3)8-14(17)9-15(16)18/h8-10,12-13H,4-7H2,1-3H3. The van der Waals surface area contributed by atoms with Crippen molar-refractivity contribution in [1.29, 1.82) is 0 Å². The Morgan fingerprint density at radius 2 is 1.67 bits per heavy atom. The van der Waals surface area contributed by atoms with Crippen LogP contribution in [0.4, 0.5) is 8.78 Å². The highest BCUT2D eigenvalue weighted by Crippen LogP contribution is 2.40. The molecule has 0 heterocycles. The highest BCUT2D eigenvalue weighted by Gasteiger charge is 2.27. The average Bonchev–Trinajstić information content (AvgIpc) is 2.28. The van der Waals surface area contributed by atoms with E-state index in [1.165, 1.54) is 18.9 Å². The minimum absolute atomic E-state index is 0.278. The molecule has 0 unspecified atom stereocenters. The van der Waals surface area contributed by atoms with Gasteiger partial charge in [-0.1, -0.05) is 13.8 Å². The monoisotopic (exact) mass is 252 g/mol. The topological polar surface area (TPSA) is 0 Å². The van der Waals surface area contributed by atoms with Gasteiger partial charge in [0.15, 0.2) is 0 Å². The van der Waals surface area contributed by atoms with Crippen LogP contribution in [0.3, 0.4) is 0 Å². The van der Waals surface area contributed by atoms with Crippen molar-refractivity contribution in [3.8, 4) is 0 Å². The van der Waals surface area contributed by atoms with Crippen LogP contribution in [0.15, 0.2) is 12.1 Å². The summed E-state index contributed by atoms with van der Waals surface area (Å²) in [4.78, 5) is 0. The maximum atomic E-state index is 13.9. The van der Waals surface area contributed by atoms with Crippen LogP contribution in [0, 0.1) is 30.4 Å². The van der Waals surface area contributed by atoms with E-state index in [1.54, 1.807) is 0 Å². The van der Waals surface area contributed by atoms with Gasteiger partial charge in [-0.3, -0.25) is 0 Å². The van der Waals surface area contributed by atoms with Crippen LogP contribution in [0.25, 0.3) is 0 Å². The fraction of sp³-hybridized carbons (Fsp3) is 0.625. The Balaban J connectivity index is 2.15. The lowest BCUT2D eigenvalue weighted by Gasteiger charge is -2.32. The molecule has 1 aliphatic carbocycles. The molecule has 0 spiro atoms. The molecule has 2 heteroatoms. The SMILES string of the molecule is Cc1cc(F)cc(F)c1C1CCC(C(C)C)CC1. The summed E-state index contributed by atoms with van der Waals surface area (Å²) in [7, 11) is 0. The number of hydrogen-bond donors (Lipinski definition) is 0. The largest absolute Gasteiger partial charge is 0.207 e. The van der Waals surface area contributed by atoms with E-state index in [0.717, 1.165) is 36.0 Å². The molecule has 1 aliphatic rings. The Hall–Kier alpha value is -0.920. The van der Waals surface area contributed by atoms with Gasteiger partial charge in [-0.05, 0) is 67.6 Å². The second-order valence-electron chi connectivity index (χ2n) is 5.97. The fourth-order valence-corrected chi connectivity index (χ4v) is 3.30. The molecule has 2 rings (SSSR count). The molecule has 0 N–H and O–H groups in total. The number of rotatable bonds is 2. The van der Waals surface area contributed by atoms with Crippen molar-refractivity contribution in [1.82, 2.24) is 0 Å². The van der Waals surface area contributed by atoms with Gasteiger partial charge in [0.25, 0.3) is 0 Å². The maximum Gasteiger partial charge on any atom is 0.129 e. The summed E-state index contributed by atoms with van der Waals surface area (Å²) in [5.74, 6) is 0.931. The van der Waals surface area contributed by atoms with Crippen LogP contribution in [0.1, 0.15) is 56.6 Å². The first-order chi connectivity index (χ1) is 8.49. The summed E-state index contributed by atoms with van der Waals surface area (Å²) in [6, 6.07) is 2.48. The first-order valence-electron chi connectivity index (χ1n) is 6.94. The maximum absolute atomic E-state index is 13.9. The van der Waals surface area contributed by atoms with Gasteiger partial charge in [0.2, 0.25) is 0 Å². The Morgan fingerprint density at radius 1 is 1.06 bits per heavy atom. The summed E-state index contributed by atoms with van der Waals surface area (Å²) in [5.41, 5.74) is 1.51. The van der Waals surface area contributed by atoms with Gasteiger partial charge >= 0.3 is 0 Å². The van der Waals surface area contributed by atoms with Gasteiger partial charge in [-0.15, -0.1) is 0 Å². The lowest BCUT2D eigenvalue weighted by molar-refractivity contribution is 0.256. The lowest BCUT2D eigenvalue weighted by atomic mass is 9.74. The molecule has 1 fully saturated rings. The lowest BCUT2D eigenvalue weighted by Crippen LogP contribution is -2.19. The molecule has 18 heavy (non-hydrogen) atoms. The van der Waals surface area contributed by atoms with Gasteiger partial charge < -0.3 is 0 Å². The highest BCUT2D eigenvalue weighted by molar-refractivity contribution is 5.31. The van der Waals surface area contributed by atoms with Crippen molar-refractivity contribution in [2.75, 3.05) is 0 Å². The molecule has 0 radical (unpaired) electrons. The number of aryl methyl sites for hydroxylation is 1. The molecule has 0 aromatic heterocycles. The van der Waals surface area contributed by atoms with Crippen molar-refractivity contribution in [2.24, 2.45) is 11.8 Å². The molecule has 1 aromatic carbocycles. The fourth-order valence-electron chi connectivity index (χ4n) is 3.30. The van der Waals surface area contributed by atoms with Crippen LogP contribution < -0.4 is 0 Å². The van der Waals surface area contributed by atoms with Crippen LogP contribution in [-0.4, -0.2) is 0 Å². The molecule has 0 nitrogen and oxygen atoms in total. The van der Waals surface area contributed by atoms with E-state index in [1.807, 2.05) is 6.92 Å². The van der Waals surface area contributed by atoms with Crippen LogP contribution in [-0.2, 0) is 0 Å². The van der Waals surface area contributed by atoms with Crippen molar-refractivity contribution in [3.05, 3.63) is 34.9 Å². The molecular formula is C16H22F2. The summed E-state index contributed by atoms with van der Waals surface area (Å²) in [6.45, 7) is 6.33. The summed E-state index contributed by atoms with van der Waals surface area (Å²) in [6.07, 6.45) is 4.40. The van der Waals surface area contributed by atoms with Crippen molar-refractivity contribution in [2.45, 2.75) is 52.4 Å². The first kappa shape index (κ1) is 13.5. The van der Waals surface area contributed by atoms with Gasteiger partial charge in [0, 0.05) is 6.07 Å². The Bertz CT molecular complexity index is 392. The van der Waals surface area contributed by atoms with Crippen molar-refractivity contribution < 1.29 is 8.78 Å². The molecule has 0 aliphatic heterocycles. The molecule has 100 valence electrons. The Kier molecular flexibility index (Phi) is 4.04. The molecule has 1 saturated carbocycles. The summed E-state index contributed by atoms with van der Waals surface area (Å²) < 4.78 is 27.0. The van der Waals surface area contributed by atoms with E-state index < -0.39 is 5.82 Å². The predicted octanol–water partition coefficient (Wildman–Crippen LogP) is 5.20. The van der Waals surface area contributed by atoms with E-state index in [0.29, 0.717) is 5.92 Å². The third-order valence-corrected chi connectivity index (χ3v) is 4.42. The molecule has 0 atom stereocenters. The number of hydrogen-bond acceptors (Lipinski definition) is 0. The zero-order valence-electron chi connectivity index (χ0n) is 11.5. The average molecular weight is 252 g/mol. The highest BCUT2D eigenvalue weighted by atomic mass is 19.1. The van der Waals surface area contributed by atoms with Gasteiger partial charge in [-0.25, -0.2) is 8.78 Å².